The Balaban J connectivity index is 1.83. The molecule has 0 spiro atoms. The Labute approximate surface area is 117 Å². The molecule has 1 aliphatic heterocycles. The molecule has 0 saturated carbocycles. The third-order valence-electron chi connectivity index (χ3n) is 2.66. The van der Waals surface area contributed by atoms with E-state index in [9.17, 15) is 23.2 Å². The maximum absolute atomic E-state index is 13.3. The molecule has 2 N–H and O–H groups in total. The van der Waals surface area contributed by atoms with Gasteiger partial charge in [0.15, 0.2) is 6.61 Å². The standard InChI is InChI=1S/C12H11F2N3O4/c13-7-2-1-3-8(14)10(7)16-11(19)15-4-5-17-9(18)6-21-12(17)20/h1-3H,4-6H2,(H2,15,16,19). The van der Waals surface area contributed by atoms with E-state index in [1.165, 1.54) is 6.07 Å². The van der Waals surface area contributed by atoms with Crippen LogP contribution in [0.5, 0.6) is 0 Å². The number of cyclic esters (lactones) is 1. The fourth-order valence-corrected chi connectivity index (χ4v) is 1.65. The molecule has 0 atom stereocenters. The van der Waals surface area contributed by atoms with Gasteiger partial charge in [0.1, 0.15) is 17.3 Å². The first kappa shape index (κ1) is 14.7. The second kappa shape index (κ2) is 6.16. The first-order valence-corrected chi connectivity index (χ1v) is 5.95. The van der Waals surface area contributed by atoms with Gasteiger partial charge in [0.05, 0.1) is 0 Å². The lowest BCUT2D eigenvalue weighted by Gasteiger charge is -2.12. The molecule has 0 aliphatic carbocycles. The molecule has 1 aromatic carbocycles. The van der Waals surface area contributed by atoms with Crippen molar-refractivity contribution in [2.75, 3.05) is 25.0 Å². The van der Waals surface area contributed by atoms with Crippen molar-refractivity contribution in [2.45, 2.75) is 0 Å². The molecule has 1 aromatic rings. The lowest BCUT2D eigenvalue weighted by molar-refractivity contribution is -0.125. The molecule has 0 radical (unpaired) electrons. The van der Waals surface area contributed by atoms with E-state index in [0.717, 1.165) is 17.0 Å². The molecule has 112 valence electrons. The minimum absolute atomic E-state index is 0.0806. The summed E-state index contributed by atoms with van der Waals surface area (Å²) in [5.74, 6) is -2.34. The van der Waals surface area contributed by atoms with Crippen molar-refractivity contribution in [3.8, 4) is 0 Å². The topological polar surface area (TPSA) is 87.7 Å². The summed E-state index contributed by atoms with van der Waals surface area (Å²) >= 11 is 0. The van der Waals surface area contributed by atoms with Crippen molar-refractivity contribution in [1.82, 2.24) is 10.2 Å². The van der Waals surface area contributed by atoms with Crippen molar-refractivity contribution in [1.29, 1.82) is 0 Å². The van der Waals surface area contributed by atoms with Gasteiger partial charge in [-0.25, -0.2) is 23.3 Å². The Kier molecular flexibility index (Phi) is 4.31. The Morgan fingerprint density at radius 3 is 2.52 bits per heavy atom. The van der Waals surface area contributed by atoms with Crippen LogP contribution in [0, 0.1) is 11.6 Å². The monoisotopic (exact) mass is 299 g/mol. The second-order valence-electron chi connectivity index (χ2n) is 4.08. The number of halogens is 2. The summed E-state index contributed by atoms with van der Waals surface area (Å²) in [7, 11) is 0. The molecular formula is C12H11F2N3O4. The van der Waals surface area contributed by atoms with E-state index in [4.69, 9.17) is 0 Å². The van der Waals surface area contributed by atoms with E-state index in [-0.39, 0.29) is 19.7 Å². The maximum atomic E-state index is 13.3. The zero-order valence-corrected chi connectivity index (χ0v) is 10.7. The molecule has 9 heteroatoms. The van der Waals surface area contributed by atoms with Gasteiger partial charge in [0.25, 0.3) is 5.91 Å². The van der Waals surface area contributed by atoms with Gasteiger partial charge in [0.2, 0.25) is 0 Å². The number of ether oxygens (including phenoxy) is 1. The van der Waals surface area contributed by atoms with Gasteiger partial charge in [-0.05, 0) is 12.1 Å². The quantitative estimate of drug-likeness (QED) is 0.870. The number of anilines is 1. The molecule has 1 saturated heterocycles. The largest absolute Gasteiger partial charge is 0.439 e. The first-order chi connectivity index (χ1) is 9.99. The summed E-state index contributed by atoms with van der Waals surface area (Å²) in [6.07, 6.45) is -0.789. The van der Waals surface area contributed by atoms with Crippen LogP contribution in [0.4, 0.5) is 24.1 Å². The van der Waals surface area contributed by atoms with Gasteiger partial charge in [-0.2, -0.15) is 0 Å². The van der Waals surface area contributed by atoms with Gasteiger partial charge >= 0.3 is 12.1 Å². The zero-order chi connectivity index (χ0) is 15.4. The minimum atomic E-state index is -0.913. The number of nitrogens with one attached hydrogen (secondary N) is 2. The van der Waals surface area contributed by atoms with Crippen LogP contribution in [0.1, 0.15) is 0 Å². The summed E-state index contributed by atoms with van der Waals surface area (Å²) in [5.41, 5.74) is -0.577. The van der Waals surface area contributed by atoms with Crippen LogP contribution in [-0.4, -0.2) is 42.6 Å². The SMILES string of the molecule is O=C(NCCN1C(=O)COC1=O)Nc1c(F)cccc1F. The van der Waals surface area contributed by atoms with Crippen LogP contribution < -0.4 is 10.6 Å². The van der Waals surface area contributed by atoms with Crippen molar-refractivity contribution >= 4 is 23.7 Å². The average molecular weight is 299 g/mol. The van der Waals surface area contributed by atoms with Crippen molar-refractivity contribution in [3.63, 3.8) is 0 Å². The molecular weight excluding hydrogens is 288 g/mol. The van der Waals surface area contributed by atoms with Crippen molar-refractivity contribution < 1.29 is 27.9 Å². The van der Waals surface area contributed by atoms with Gasteiger partial charge in [-0.1, -0.05) is 6.07 Å². The lowest BCUT2D eigenvalue weighted by atomic mass is 10.3. The summed E-state index contributed by atoms with van der Waals surface area (Å²) < 4.78 is 31.0. The number of para-hydroxylation sites is 1. The normalized spacial score (nSPS) is 14.1. The first-order valence-electron chi connectivity index (χ1n) is 5.95. The van der Waals surface area contributed by atoms with Gasteiger partial charge < -0.3 is 15.4 Å². The summed E-state index contributed by atoms with van der Waals surface area (Å²) in [4.78, 5) is 34.6. The molecule has 1 aliphatic rings. The predicted octanol–water partition coefficient (Wildman–Crippen LogP) is 1.07. The van der Waals surface area contributed by atoms with Gasteiger partial charge in [0, 0.05) is 13.1 Å². The number of amides is 4. The van der Waals surface area contributed by atoms with Gasteiger partial charge in [-0.15, -0.1) is 0 Å². The number of urea groups is 1. The average Bonchev–Trinajstić information content (AvgIpc) is 2.75. The molecule has 1 fully saturated rings. The highest BCUT2D eigenvalue weighted by atomic mass is 19.1. The molecule has 0 unspecified atom stereocenters. The Morgan fingerprint density at radius 1 is 1.29 bits per heavy atom. The lowest BCUT2D eigenvalue weighted by Crippen LogP contribution is -2.39. The Morgan fingerprint density at radius 2 is 1.95 bits per heavy atom. The van der Waals surface area contributed by atoms with E-state index >= 15 is 0 Å². The number of hydrogen-bond donors (Lipinski definition) is 2. The van der Waals surface area contributed by atoms with E-state index in [1.54, 1.807) is 0 Å². The van der Waals surface area contributed by atoms with Gasteiger partial charge in [-0.3, -0.25) is 4.79 Å². The van der Waals surface area contributed by atoms with Crippen molar-refractivity contribution in [3.05, 3.63) is 29.8 Å². The van der Waals surface area contributed by atoms with Crippen LogP contribution in [0.2, 0.25) is 0 Å². The van der Waals surface area contributed by atoms with Crippen LogP contribution in [-0.2, 0) is 9.53 Å². The molecule has 0 aromatic heterocycles. The number of carbonyl (C=O) groups excluding carboxylic acids is 3. The molecule has 4 amide bonds. The number of hydrogen-bond acceptors (Lipinski definition) is 4. The Bertz CT molecular complexity index is 558. The zero-order valence-electron chi connectivity index (χ0n) is 10.7. The number of nitrogens with zero attached hydrogens (tertiary/aromatic N) is 1. The Hall–Kier alpha value is -2.71. The van der Waals surface area contributed by atoms with Crippen LogP contribution in [0.15, 0.2) is 18.2 Å². The summed E-state index contributed by atoms with van der Waals surface area (Å²) in [6.45, 7) is -0.501. The highest BCUT2D eigenvalue weighted by molar-refractivity contribution is 5.97. The molecule has 0 bridgehead atoms. The highest BCUT2D eigenvalue weighted by Gasteiger charge is 2.30. The van der Waals surface area contributed by atoms with Crippen molar-refractivity contribution in [2.24, 2.45) is 0 Å². The maximum Gasteiger partial charge on any atom is 0.417 e. The molecule has 21 heavy (non-hydrogen) atoms. The van der Waals surface area contributed by atoms with Crippen LogP contribution in [0.3, 0.4) is 0 Å². The summed E-state index contributed by atoms with van der Waals surface area (Å²) in [6, 6.07) is 2.30. The van der Waals surface area contributed by atoms with Crippen LogP contribution >= 0.6 is 0 Å². The fraction of sp³-hybridized carbons (Fsp3) is 0.250. The minimum Gasteiger partial charge on any atom is -0.439 e. The number of imide groups is 1. The van der Waals surface area contributed by atoms with E-state index in [0.29, 0.717) is 0 Å². The van der Waals surface area contributed by atoms with Crippen LogP contribution in [0.25, 0.3) is 0 Å². The number of benzene rings is 1. The highest BCUT2D eigenvalue weighted by Crippen LogP contribution is 2.17. The van der Waals surface area contributed by atoms with E-state index < -0.39 is 35.4 Å². The fourth-order valence-electron chi connectivity index (χ4n) is 1.65. The number of carbonyl (C=O) groups is 3. The predicted molar refractivity (Wildman–Crippen MR) is 66.4 cm³/mol. The summed E-state index contributed by atoms with van der Waals surface area (Å²) in [5, 5.41) is 4.28. The number of rotatable bonds is 4. The third kappa shape index (κ3) is 3.44. The second-order valence-corrected chi connectivity index (χ2v) is 4.08. The smallest absolute Gasteiger partial charge is 0.417 e. The molecule has 2 rings (SSSR count). The van der Waals surface area contributed by atoms with E-state index in [1.807, 2.05) is 5.32 Å². The molecule has 1 heterocycles. The molecule has 7 nitrogen and oxygen atoms in total. The third-order valence-corrected chi connectivity index (χ3v) is 2.66. The van der Waals surface area contributed by atoms with E-state index in [2.05, 4.69) is 10.1 Å².